The van der Waals surface area contributed by atoms with Crippen LogP contribution in [0.3, 0.4) is 0 Å². The van der Waals surface area contributed by atoms with Crippen LogP contribution in [0.5, 0.6) is 0 Å². The Morgan fingerprint density at radius 2 is 2.32 bits per heavy atom. The molecule has 22 heavy (non-hydrogen) atoms. The Labute approximate surface area is 125 Å². The van der Waals surface area contributed by atoms with Crippen LogP contribution in [0.25, 0.3) is 10.9 Å². The average molecular weight is 302 g/mol. The Bertz CT molecular complexity index is 776. The number of aliphatic hydroxyl groups excluding tert-OH is 2. The fraction of sp³-hybridized carbons (Fsp3) is 0.333. The predicted octanol–water partition coefficient (Wildman–Crippen LogP) is 1.17. The summed E-state index contributed by atoms with van der Waals surface area (Å²) in [5, 5.41) is 30.5. The highest BCUT2D eigenvalue weighted by Gasteiger charge is 2.35. The number of hydrogen-bond acceptors (Lipinski definition) is 5. The van der Waals surface area contributed by atoms with Gasteiger partial charge in [0.15, 0.2) is 0 Å². The normalized spacial score (nSPS) is 24.5. The molecule has 1 saturated heterocycles. The van der Waals surface area contributed by atoms with Gasteiger partial charge in [0.05, 0.1) is 28.7 Å². The minimum atomic E-state index is -0.764. The summed E-state index contributed by atoms with van der Waals surface area (Å²) >= 11 is 0. The van der Waals surface area contributed by atoms with Crippen LogP contribution in [0.15, 0.2) is 24.4 Å². The lowest BCUT2D eigenvalue weighted by Gasteiger charge is -2.14. The minimum absolute atomic E-state index is 0.0395. The van der Waals surface area contributed by atoms with E-state index in [4.69, 9.17) is 16.3 Å². The smallest absolute Gasteiger partial charge is 0.270 e. The molecule has 0 spiro atoms. The average Bonchev–Trinajstić information content (AvgIpc) is 3.06. The molecule has 1 aliphatic rings. The first-order chi connectivity index (χ1) is 10.5. The van der Waals surface area contributed by atoms with Crippen LogP contribution in [0.4, 0.5) is 5.69 Å². The van der Waals surface area contributed by atoms with Crippen LogP contribution in [0.1, 0.15) is 18.2 Å². The fourth-order valence-electron chi connectivity index (χ4n) is 2.76. The van der Waals surface area contributed by atoms with E-state index in [2.05, 4.69) is 5.92 Å². The molecule has 2 N–H and O–H groups in total. The van der Waals surface area contributed by atoms with Gasteiger partial charge in [-0.05, 0) is 6.07 Å². The molecular formula is C15H14N2O5. The molecule has 0 aliphatic carbocycles. The number of nitro benzene ring substituents is 1. The highest BCUT2D eigenvalue weighted by Crippen LogP contribution is 2.34. The van der Waals surface area contributed by atoms with Gasteiger partial charge in [-0.3, -0.25) is 10.1 Å². The minimum Gasteiger partial charge on any atom is -0.394 e. The molecule has 1 fully saturated rings. The fourth-order valence-corrected chi connectivity index (χ4v) is 2.76. The van der Waals surface area contributed by atoms with Crippen molar-refractivity contribution in [3.63, 3.8) is 0 Å². The number of fused-ring (bicyclic) bond motifs is 1. The van der Waals surface area contributed by atoms with Crippen molar-refractivity contribution in [2.24, 2.45) is 0 Å². The van der Waals surface area contributed by atoms with Crippen LogP contribution < -0.4 is 0 Å². The largest absolute Gasteiger partial charge is 0.394 e. The van der Waals surface area contributed by atoms with E-state index in [0.717, 1.165) is 0 Å². The second kappa shape index (κ2) is 5.42. The summed E-state index contributed by atoms with van der Waals surface area (Å²) in [5.41, 5.74) is 1.17. The van der Waals surface area contributed by atoms with Gasteiger partial charge in [-0.25, -0.2) is 0 Å². The Kier molecular flexibility index (Phi) is 3.58. The van der Waals surface area contributed by atoms with E-state index in [1.54, 1.807) is 16.8 Å². The van der Waals surface area contributed by atoms with Crippen LogP contribution in [0, 0.1) is 22.5 Å². The van der Waals surface area contributed by atoms with E-state index in [-0.39, 0.29) is 12.3 Å². The molecule has 3 atom stereocenters. The van der Waals surface area contributed by atoms with Crippen LogP contribution in [-0.2, 0) is 4.74 Å². The predicted molar refractivity (Wildman–Crippen MR) is 78.1 cm³/mol. The van der Waals surface area contributed by atoms with Crippen molar-refractivity contribution in [3.8, 4) is 12.3 Å². The van der Waals surface area contributed by atoms with Crippen molar-refractivity contribution in [2.75, 3.05) is 6.61 Å². The van der Waals surface area contributed by atoms with E-state index >= 15 is 0 Å². The zero-order valence-electron chi connectivity index (χ0n) is 11.5. The molecule has 1 aromatic heterocycles. The molecule has 0 amide bonds. The molecule has 0 radical (unpaired) electrons. The molecule has 1 aliphatic heterocycles. The standard InChI is InChI=1S/C15H14N2O5/c1-2-9-7-16(15-6-13(19)14(8-18)22-15)12-4-3-10(17(20)21)5-11(9)12/h1,3-5,7,13-15,18-19H,6,8H2/t13-,14+,15-/m0/s1. The van der Waals surface area contributed by atoms with Crippen molar-refractivity contribution >= 4 is 16.6 Å². The SMILES string of the molecule is C#Cc1cn([C@@H]2C[C@H](O)[C@@H](CO)O2)c2ccc([N+](=O)[O-])cc12. The Morgan fingerprint density at radius 1 is 1.55 bits per heavy atom. The van der Waals surface area contributed by atoms with Gasteiger partial charge in [-0.1, -0.05) is 5.92 Å². The highest BCUT2D eigenvalue weighted by molar-refractivity contribution is 5.88. The number of hydrogen-bond donors (Lipinski definition) is 2. The lowest BCUT2D eigenvalue weighted by Crippen LogP contribution is -2.24. The lowest BCUT2D eigenvalue weighted by molar-refractivity contribution is -0.384. The third kappa shape index (κ3) is 2.23. The van der Waals surface area contributed by atoms with Crippen molar-refractivity contribution in [2.45, 2.75) is 24.9 Å². The van der Waals surface area contributed by atoms with Gasteiger partial charge in [0, 0.05) is 30.1 Å². The summed E-state index contributed by atoms with van der Waals surface area (Å²) in [4.78, 5) is 10.4. The molecular weight excluding hydrogens is 288 g/mol. The van der Waals surface area contributed by atoms with Crippen molar-refractivity contribution in [1.82, 2.24) is 4.57 Å². The first-order valence-corrected chi connectivity index (χ1v) is 6.75. The van der Waals surface area contributed by atoms with Gasteiger partial charge in [-0.15, -0.1) is 6.42 Å². The zero-order valence-corrected chi connectivity index (χ0v) is 11.5. The molecule has 0 bridgehead atoms. The lowest BCUT2D eigenvalue weighted by atomic mass is 10.1. The van der Waals surface area contributed by atoms with Crippen molar-refractivity contribution < 1.29 is 19.9 Å². The number of benzene rings is 1. The van der Waals surface area contributed by atoms with Gasteiger partial charge in [0.1, 0.15) is 12.3 Å². The number of ether oxygens (including phenoxy) is 1. The summed E-state index contributed by atoms with van der Waals surface area (Å²) in [7, 11) is 0. The number of nitrogens with zero attached hydrogens (tertiary/aromatic N) is 2. The first-order valence-electron chi connectivity index (χ1n) is 6.75. The van der Waals surface area contributed by atoms with E-state index < -0.39 is 23.4 Å². The molecule has 0 saturated carbocycles. The van der Waals surface area contributed by atoms with Gasteiger partial charge >= 0.3 is 0 Å². The van der Waals surface area contributed by atoms with Gasteiger partial charge in [0.25, 0.3) is 5.69 Å². The number of terminal acetylenes is 1. The van der Waals surface area contributed by atoms with Crippen LogP contribution in [0.2, 0.25) is 0 Å². The second-order valence-corrected chi connectivity index (χ2v) is 5.17. The summed E-state index contributed by atoms with van der Waals surface area (Å²) in [6.07, 6.45) is 5.58. The number of aliphatic hydroxyl groups is 2. The van der Waals surface area contributed by atoms with Crippen LogP contribution in [-0.4, -0.2) is 38.5 Å². The van der Waals surface area contributed by atoms with E-state index in [9.17, 15) is 15.2 Å². The first kappa shape index (κ1) is 14.5. The summed E-state index contributed by atoms with van der Waals surface area (Å²) < 4.78 is 7.36. The Hall–Kier alpha value is -2.40. The maximum absolute atomic E-state index is 10.9. The monoisotopic (exact) mass is 302 g/mol. The van der Waals surface area contributed by atoms with Crippen LogP contribution >= 0.6 is 0 Å². The highest BCUT2D eigenvalue weighted by atomic mass is 16.6. The second-order valence-electron chi connectivity index (χ2n) is 5.17. The molecule has 7 heteroatoms. The number of rotatable bonds is 3. The third-order valence-corrected chi connectivity index (χ3v) is 3.88. The molecule has 2 heterocycles. The molecule has 3 rings (SSSR count). The molecule has 0 unspecified atom stereocenters. The van der Waals surface area contributed by atoms with Gasteiger partial charge in [-0.2, -0.15) is 0 Å². The molecule has 2 aromatic rings. The molecule has 114 valence electrons. The summed E-state index contributed by atoms with van der Waals surface area (Å²) in [6, 6.07) is 4.43. The van der Waals surface area contributed by atoms with E-state index in [1.165, 1.54) is 12.1 Å². The maximum Gasteiger partial charge on any atom is 0.270 e. The number of aromatic nitrogens is 1. The summed E-state index contributed by atoms with van der Waals surface area (Å²) in [5.74, 6) is 2.51. The third-order valence-electron chi connectivity index (χ3n) is 3.88. The molecule has 1 aromatic carbocycles. The Morgan fingerprint density at radius 3 is 2.91 bits per heavy atom. The molecule has 7 nitrogen and oxygen atoms in total. The van der Waals surface area contributed by atoms with E-state index in [0.29, 0.717) is 22.9 Å². The zero-order chi connectivity index (χ0) is 15.9. The van der Waals surface area contributed by atoms with Crippen molar-refractivity contribution in [3.05, 3.63) is 40.1 Å². The van der Waals surface area contributed by atoms with E-state index in [1.807, 2.05) is 0 Å². The van der Waals surface area contributed by atoms with Gasteiger partial charge in [0.2, 0.25) is 0 Å². The topological polar surface area (TPSA) is 97.8 Å². The quantitative estimate of drug-likeness (QED) is 0.504. The number of nitro groups is 1. The van der Waals surface area contributed by atoms with Gasteiger partial charge < -0.3 is 19.5 Å². The van der Waals surface area contributed by atoms with Crippen molar-refractivity contribution in [1.29, 1.82) is 0 Å². The number of non-ortho nitro benzene ring substituents is 1. The summed E-state index contributed by atoms with van der Waals surface area (Å²) in [6.45, 7) is -0.273. The Balaban J connectivity index is 2.08. The maximum atomic E-state index is 10.9.